The molecule has 2 amide bonds. The van der Waals surface area contributed by atoms with Gasteiger partial charge in [0.05, 0.1) is 12.8 Å². The highest BCUT2D eigenvalue weighted by molar-refractivity contribution is 5.96. The highest BCUT2D eigenvalue weighted by Gasteiger charge is 2.68. The van der Waals surface area contributed by atoms with Gasteiger partial charge >= 0.3 is 0 Å². The average molecular weight is 557 g/mol. The lowest BCUT2D eigenvalue weighted by atomic mass is 9.44. The number of nitrogens with one attached hydrogen (secondary N) is 3. The molecule has 0 bridgehead atoms. The SMILES string of the molecule is C[C@@H]1CC[C@@]2(NC1)O[C@H]1C[C@H]3[C@@H]4CC[C@H]5C[C@H](NC(=O)CC(=O)NCN(C)C)CC[C@]5(C)[C@H]4CC[C@]3(C)[C@H]1[C@@H]2C. The molecule has 6 fully saturated rings. The Morgan fingerprint density at radius 1 is 0.925 bits per heavy atom. The maximum Gasteiger partial charge on any atom is 0.230 e. The Kier molecular flexibility index (Phi) is 7.60. The van der Waals surface area contributed by atoms with Crippen LogP contribution < -0.4 is 16.0 Å². The Bertz CT molecular complexity index is 979. The number of hydrogen-bond donors (Lipinski definition) is 3. The van der Waals surface area contributed by atoms with E-state index in [9.17, 15) is 9.59 Å². The number of nitrogens with zero attached hydrogens (tertiary/aromatic N) is 1. The van der Waals surface area contributed by atoms with Crippen LogP contribution in [0.5, 0.6) is 0 Å². The largest absolute Gasteiger partial charge is 0.357 e. The molecule has 2 heterocycles. The van der Waals surface area contributed by atoms with E-state index in [2.05, 4.69) is 43.6 Å². The van der Waals surface area contributed by atoms with Gasteiger partial charge in [-0.2, -0.15) is 0 Å². The Morgan fingerprint density at radius 3 is 2.42 bits per heavy atom. The van der Waals surface area contributed by atoms with Crippen molar-refractivity contribution in [3.8, 4) is 0 Å². The summed E-state index contributed by atoms with van der Waals surface area (Å²) in [5, 5.41) is 9.93. The maximum atomic E-state index is 12.6. The lowest BCUT2D eigenvalue weighted by Crippen LogP contribution is -2.58. The third-order valence-corrected chi connectivity index (χ3v) is 13.4. The van der Waals surface area contributed by atoms with Crippen LogP contribution in [0.4, 0.5) is 0 Å². The van der Waals surface area contributed by atoms with Crippen LogP contribution in [0.3, 0.4) is 0 Å². The third kappa shape index (κ3) is 4.74. The van der Waals surface area contributed by atoms with Crippen LogP contribution in [0, 0.1) is 52.3 Å². The van der Waals surface area contributed by atoms with Crippen molar-refractivity contribution in [1.82, 2.24) is 20.9 Å². The molecule has 3 N–H and O–H groups in total. The monoisotopic (exact) mass is 556 g/mol. The van der Waals surface area contributed by atoms with Crippen LogP contribution in [-0.4, -0.2) is 61.9 Å². The van der Waals surface area contributed by atoms with E-state index in [1.54, 1.807) is 0 Å². The van der Waals surface area contributed by atoms with Gasteiger partial charge in [0.15, 0.2) is 0 Å². The minimum atomic E-state index is -0.197. The van der Waals surface area contributed by atoms with Crippen molar-refractivity contribution in [3.05, 3.63) is 0 Å². The highest BCUT2D eigenvalue weighted by Crippen LogP contribution is 2.71. The van der Waals surface area contributed by atoms with Crippen LogP contribution in [-0.2, 0) is 14.3 Å². The van der Waals surface area contributed by atoms with Crippen LogP contribution >= 0.6 is 0 Å². The standard InChI is InChI=1S/C33H56N4O3/c1-20-9-14-33(35-18-20)21(2)30-27(40-33)16-26-24-8-7-22-15-23(36-29(39)17-28(38)34-19-37(5)6)10-12-31(22,3)25(24)11-13-32(26,30)4/h20-27,30,35H,7-19H2,1-6H3,(H,34,38)(H,36,39)/t20-,21+,22+,23-,24-,25+,26+,27+,30+,31+,32+,33-/m1/s1. The lowest BCUT2D eigenvalue weighted by molar-refractivity contribution is -0.137. The van der Waals surface area contributed by atoms with Crippen molar-refractivity contribution in [2.24, 2.45) is 52.3 Å². The lowest BCUT2D eigenvalue weighted by Gasteiger charge is -2.61. The molecule has 0 unspecified atom stereocenters. The molecule has 226 valence electrons. The molecule has 6 rings (SSSR count). The number of carbonyl (C=O) groups is 2. The zero-order valence-electron chi connectivity index (χ0n) is 26.1. The van der Waals surface area contributed by atoms with Gasteiger partial charge in [0, 0.05) is 18.5 Å². The number of hydrogen-bond acceptors (Lipinski definition) is 5. The third-order valence-electron chi connectivity index (χ3n) is 13.4. The van der Waals surface area contributed by atoms with Crippen LogP contribution in [0.2, 0.25) is 0 Å². The Morgan fingerprint density at radius 2 is 1.70 bits per heavy atom. The van der Waals surface area contributed by atoms with Crippen molar-refractivity contribution in [2.45, 2.75) is 116 Å². The van der Waals surface area contributed by atoms with Crippen molar-refractivity contribution >= 4 is 11.8 Å². The van der Waals surface area contributed by atoms with Crippen molar-refractivity contribution in [3.63, 3.8) is 0 Å². The first-order valence-corrected chi connectivity index (χ1v) is 16.6. The van der Waals surface area contributed by atoms with E-state index in [1.807, 2.05) is 19.0 Å². The predicted molar refractivity (Wildman–Crippen MR) is 157 cm³/mol. The number of fused-ring (bicyclic) bond motifs is 7. The normalized spacial score (nSPS) is 49.6. The number of amides is 2. The zero-order chi connectivity index (χ0) is 28.4. The van der Waals surface area contributed by atoms with Gasteiger partial charge in [-0.05, 0) is 125 Å². The molecule has 40 heavy (non-hydrogen) atoms. The van der Waals surface area contributed by atoms with Crippen LogP contribution in [0.25, 0.3) is 0 Å². The zero-order valence-corrected chi connectivity index (χ0v) is 26.1. The Labute approximate surface area is 242 Å². The molecule has 1 spiro atoms. The van der Waals surface area contributed by atoms with E-state index in [0.29, 0.717) is 41.4 Å². The summed E-state index contributed by atoms with van der Waals surface area (Å²) in [5.74, 6) is 4.80. The number of ether oxygens (including phenoxy) is 1. The van der Waals surface area contributed by atoms with E-state index in [4.69, 9.17) is 4.74 Å². The predicted octanol–water partition coefficient (Wildman–Crippen LogP) is 4.52. The van der Waals surface area contributed by atoms with Gasteiger partial charge in [0.2, 0.25) is 11.8 Å². The number of rotatable bonds is 5. The second-order valence-corrected chi connectivity index (χ2v) is 15.9. The second kappa shape index (κ2) is 10.5. The van der Waals surface area contributed by atoms with Crippen molar-refractivity contribution < 1.29 is 14.3 Å². The molecular formula is C33H56N4O3. The number of carbonyl (C=O) groups excluding carboxylic acids is 2. The molecular weight excluding hydrogens is 500 g/mol. The summed E-state index contributed by atoms with van der Waals surface area (Å²) in [6.07, 6.45) is 12.7. The summed E-state index contributed by atoms with van der Waals surface area (Å²) in [6.45, 7) is 11.7. The second-order valence-electron chi connectivity index (χ2n) is 15.9. The highest BCUT2D eigenvalue weighted by atomic mass is 16.5. The van der Waals surface area contributed by atoms with Gasteiger partial charge in [0.1, 0.15) is 12.1 Å². The fourth-order valence-electron chi connectivity index (χ4n) is 11.3. The van der Waals surface area contributed by atoms with E-state index >= 15 is 0 Å². The molecule has 7 heteroatoms. The summed E-state index contributed by atoms with van der Waals surface area (Å²) in [4.78, 5) is 26.7. The fourth-order valence-corrected chi connectivity index (χ4v) is 11.3. The maximum absolute atomic E-state index is 12.6. The summed E-state index contributed by atoms with van der Waals surface area (Å²) < 4.78 is 7.07. The summed E-state index contributed by atoms with van der Waals surface area (Å²) >= 11 is 0. The average Bonchev–Trinajstić information content (AvgIpc) is 3.34. The van der Waals surface area contributed by atoms with Crippen molar-refractivity contribution in [1.29, 1.82) is 0 Å². The van der Waals surface area contributed by atoms with Gasteiger partial charge in [-0.15, -0.1) is 0 Å². The molecule has 0 aromatic carbocycles. The summed E-state index contributed by atoms with van der Waals surface area (Å²) in [6, 6.07) is 0.208. The summed E-state index contributed by atoms with van der Waals surface area (Å²) in [5.41, 5.74) is 0.703. The molecule has 6 aliphatic rings. The number of piperidine rings is 1. The van der Waals surface area contributed by atoms with Gasteiger partial charge in [-0.25, -0.2) is 0 Å². The van der Waals surface area contributed by atoms with Gasteiger partial charge in [-0.3, -0.25) is 19.8 Å². The molecule has 0 aromatic heterocycles. The van der Waals surface area contributed by atoms with Crippen LogP contribution in [0.15, 0.2) is 0 Å². The summed E-state index contributed by atoms with van der Waals surface area (Å²) in [7, 11) is 3.80. The van der Waals surface area contributed by atoms with Gasteiger partial charge in [0.25, 0.3) is 0 Å². The first kappa shape index (κ1) is 28.9. The van der Waals surface area contributed by atoms with E-state index < -0.39 is 0 Å². The molecule has 12 atom stereocenters. The fraction of sp³-hybridized carbons (Fsp3) is 0.939. The minimum absolute atomic E-state index is 0.0735. The first-order valence-electron chi connectivity index (χ1n) is 16.6. The van der Waals surface area contributed by atoms with Crippen LogP contribution in [0.1, 0.15) is 98.3 Å². The van der Waals surface area contributed by atoms with Crippen molar-refractivity contribution in [2.75, 3.05) is 27.3 Å². The quantitative estimate of drug-likeness (QED) is 0.343. The molecule has 4 saturated carbocycles. The first-order chi connectivity index (χ1) is 18.9. The van der Waals surface area contributed by atoms with E-state index in [1.165, 1.54) is 51.4 Å². The van der Waals surface area contributed by atoms with E-state index in [0.717, 1.165) is 43.1 Å². The Hall–Kier alpha value is -1.18. The molecule has 2 aliphatic heterocycles. The molecule has 7 nitrogen and oxygen atoms in total. The van der Waals surface area contributed by atoms with Gasteiger partial charge < -0.3 is 15.4 Å². The molecule has 0 radical (unpaired) electrons. The topological polar surface area (TPSA) is 82.7 Å². The smallest absolute Gasteiger partial charge is 0.230 e. The molecule has 0 aromatic rings. The van der Waals surface area contributed by atoms with Gasteiger partial charge in [-0.1, -0.05) is 27.7 Å². The minimum Gasteiger partial charge on any atom is -0.357 e. The molecule has 4 aliphatic carbocycles. The Balaban J connectivity index is 1.08. The molecule has 2 saturated heterocycles. The van der Waals surface area contributed by atoms with E-state index in [-0.39, 0.29) is 30.0 Å².